The van der Waals surface area contributed by atoms with Gasteiger partial charge in [-0.1, -0.05) is 6.07 Å². The molecule has 1 amide bonds. The molecule has 1 aromatic rings. The Morgan fingerprint density at radius 2 is 2.19 bits per heavy atom. The van der Waals surface area contributed by atoms with Crippen molar-refractivity contribution in [3.8, 4) is 0 Å². The van der Waals surface area contributed by atoms with Crippen LogP contribution in [0.4, 0.5) is 0 Å². The van der Waals surface area contributed by atoms with E-state index in [1.807, 2.05) is 39.0 Å². The smallest absolute Gasteiger partial charge is 0.242 e. The molecule has 152 valence electrons. The van der Waals surface area contributed by atoms with Gasteiger partial charge in [-0.3, -0.25) is 9.69 Å². The highest BCUT2D eigenvalue weighted by molar-refractivity contribution is 7.09. The van der Waals surface area contributed by atoms with Crippen LogP contribution in [0.2, 0.25) is 0 Å². The summed E-state index contributed by atoms with van der Waals surface area (Å²) in [6.07, 6.45) is 2.47. The molecule has 0 spiro atoms. The molecule has 7 heteroatoms. The zero-order valence-corrected chi connectivity index (χ0v) is 18.0. The molecule has 0 saturated carbocycles. The van der Waals surface area contributed by atoms with Gasteiger partial charge in [0.05, 0.1) is 0 Å². The van der Waals surface area contributed by atoms with Crippen LogP contribution in [0.25, 0.3) is 0 Å². The molecule has 1 fully saturated rings. The van der Waals surface area contributed by atoms with Crippen molar-refractivity contribution in [3.63, 3.8) is 0 Å². The summed E-state index contributed by atoms with van der Waals surface area (Å²) in [5, 5.41) is 11.7. The first-order valence-electron chi connectivity index (χ1n) is 9.93. The minimum atomic E-state index is -0.230. The van der Waals surface area contributed by atoms with E-state index in [9.17, 15) is 4.79 Å². The monoisotopic (exact) mass is 393 g/mol. The van der Waals surface area contributed by atoms with Crippen molar-refractivity contribution in [2.24, 2.45) is 10.9 Å². The van der Waals surface area contributed by atoms with Crippen LogP contribution in [-0.2, 0) is 11.3 Å². The van der Waals surface area contributed by atoms with Crippen molar-refractivity contribution in [2.75, 3.05) is 32.7 Å². The molecule has 2 heterocycles. The summed E-state index contributed by atoms with van der Waals surface area (Å²) in [6.45, 7) is 13.1. The number of carbonyl (C=O) groups excluding carboxylic acids is 1. The van der Waals surface area contributed by atoms with Crippen LogP contribution in [0.3, 0.4) is 0 Å². The molecule has 2 rings (SSSR count). The Bertz CT molecular complexity index is 594. The van der Waals surface area contributed by atoms with Crippen molar-refractivity contribution < 1.29 is 4.79 Å². The fraction of sp³-hybridized carbons (Fsp3) is 0.700. The van der Waals surface area contributed by atoms with E-state index in [0.717, 1.165) is 32.1 Å². The van der Waals surface area contributed by atoms with Gasteiger partial charge in [-0.25, -0.2) is 4.99 Å². The van der Waals surface area contributed by atoms with E-state index in [1.165, 1.54) is 24.3 Å². The number of hydrogen-bond donors (Lipinski definition) is 3. The minimum absolute atomic E-state index is 0.0560. The molecule has 3 N–H and O–H groups in total. The number of piperidine rings is 1. The molecule has 27 heavy (non-hydrogen) atoms. The maximum Gasteiger partial charge on any atom is 0.242 e. The quantitative estimate of drug-likeness (QED) is 0.492. The lowest BCUT2D eigenvalue weighted by atomic mass is 9.98. The van der Waals surface area contributed by atoms with Crippen LogP contribution >= 0.6 is 11.3 Å². The highest BCUT2D eigenvalue weighted by Crippen LogP contribution is 2.19. The van der Waals surface area contributed by atoms with Gasteiger partial charge in [0.25, 0.3) is 0 Å². The van der Waals surface area contributed by atoms with Gasteiger partial charge in [-0.2, -0.15) is 0 Å². The number of guanidine groups is 1. The van der Waals surface area contributed by atoms with Gasteiger partial charge in [0, 0.05) is 36.6 Å². The van der Waals surface area contributed by atoms with Gasteiger partial charge in [-0.15, -0.1) is 11.3 Å². The molecule has 1 aliphatic rings. The van der Waals surface area contributed by atoms with Gasteiger partial charge >= 0.3 is 0 Å². The fourth-order valence-electron chi connectivity index (χ4n) is 3.28. The summed E-state index contributed by atoms with van der Waals surface area (Å²) < 4.78 is 0. The maximum absolute atomic E-state index is 12.0. The molecular formula is C20H35N5OS. The van der Waals surface area contributed by atoms with Crippen LogP contribution in [-0.4, -0.2) is 55.0 Å². The molecule has 6 nitrogen and oxygen atoms in total. The summed E-state index contributed by atoms with van der Waals surface area (Å²) in [5.41, 5.74) is -0.230. The first-order chi connectivity index (χ1) is 12.9. The number of hydrogen-bond acceptors (Lipinski definition) is 4. The number of likely N-dealkylation sites (tertiary alicyclic amines) is 1. The molecule has 0 aliphatic carbocycles. The van der Waals surface area contributed by atoms with Crippen molar-refractivity contribution in [3.05, 3.63) is 22.4 Å². The Morgan fingerprint density at radius 3 is 2.85 bits per heavy atom. The van der Waals surface area contributed by atoms with Crippen LogP contribution in [0, 0.1) is 5.92 Å². The van der Waals surface area contributed by atoms with E-state index in [-0.39, 0.29) is 18.0 Å². The molecule has 1 unspecified atom stereocenters. The Morgan fingerprint density at radius 1 is 1.37 bits per heavy atom. The summed E-state index contributed by atoms with van der Waals surface area (Å²) in [5.74, 6) is 1.27. The number of nitrogens with one attached hydrogen (secondary N) is 3. The molecule has 1 atom stereocenters. The SMILES string of the molecule is CCNC(=NCC(=O)NC(C)(C)C)NCC1CCCN(Cc2cccs2)C1. The largest absolute Gasteiger partial charge is 0.357 e. The van der Waals surface area contributed by atoms with E-state index in [4.69, 9.17) is 0 Å². The molecule has 1 saturated heterocycles. The normalized spacial score (nSPS) is 19.0. The fourth-order valence-corrected chi connectivity index (χ4v) is 4.02. The molecule has 0 bridgehead atoms. The maximum atomic E-state index is 12.0. The summed E-state index contributed by atoms with van der Waals surface area (Å²) in [7, 11) is 0. The van der Waals surface area contributed by atoms with E-state index >= 15 is 0 Å². The standard InChI is InChI=1S/C20H35N5OS/c1-5-21-19(23-13-18(26)24-20(2,3)4)22-12-16-8-6-10-25(14-16)15-17-9-7-11-27-17/h7,9,11,16H,5-6,8,10,12-15H2,1-4H3,(H,24,26)(H2,21,22,23). The average Bonchev–Trinajstić information content (AvgIpc) is 3.09. The lowest BCUT2D eigenvalue weighted by Gasteiger charge is -2.32. The van der Waals surface area contributed by atoms with Crippen LogP contribution in [0.5, 0.6) is 0 Å². The average molecular weight is 394 g/mol. The van der Waals surface area contributed by atoms with Gasteiger partial charge in [-0.05, 0) is 64.4 Å². The van der Waals surface area contributed by atoms with Crippen molar-refractivity contribution in [1.82, 2.24) is 20.9 Å². The summed E-state index contributed by atoms with van der Waals surface area (Å²) in [6, 6.07) is 4.34. The van der Waals surface area contributed by atoms with Gasteiger partial charge in [0.2, 0.25) is 5.91 Å². The van der Waals surface area contributed by atoms with E-state index in [2.05, 4.69) is 43.4 Å². The predicted molar refractivity (Wildman–Crippen MR) is 114 cm³/mol. The molecular weight excluding hydrogens is 358 g/mol. The first kappa shape index (κ1) is 21.7. The number of amides is 1. The van der Waals surface area contributed by atoms with Gasteiger partial charge in [0.15, 0.2) is 5.96 Å². The Kier molecular flexibility index (Phi) is 8.57. The number of rotatable bonds is 7. The highest BCUT2D eigenvalue weighted by Gasteiger charge is 2.20. The second-order valence-corrected chi connectivity index (χ2v) is 9.23. The van der Waals surface area contributed by atoms with Gasteiger partial charge in [0.1, 0.15) is 6.54 Å². The lowest BCUT2D eigenvalue weighted by molar-refractivity contribution is -0.121. The minimum Gasteiger partial charge on any atom is -0.357 e. The third-order valence-electron chi connectivity index (χ3n) is 4.36. The molecule has 0 aromatic carbocycles. The topological polar surface area (TPSA) is 68.8 Å². The number of nitrogens with zero attached hydrogens (tertiary/aromatic N) is 2. The van der Waals surface area contributed by atoms with E-state index in [0.29, 0.717) is 5.92 Å². The Balaban J connectivity index is 1.79. The predicted octanol–water partition coefficient (Wildman–Crippen LogP) is 2.43. The molecule has 1 aromatic heterocycles. The second-order valence-electron chi connectivity index (χ2n) is 8.20. The molecule has 0 radical (unpaired) electrons. The van der Waals surface area contributed by atoms with Crippen LogP contribution in [0.15, 0.2) is 22.5 Å². The highest BCUT2D eigenvalue weighted by atomic mass is 32.1. The number of thiophene rings is 1. The first-order valence-corrected chi connectivity index (χ1v) is 10.8. The van der Waals surface area contributed by atoms with Crippen molar-refractivity contribution >= 4 is 23.2 Å². The zero-order chi connectivity index (χ0) is 19.7. The molecule has 1 aliphatic heterocycles. The van der Waals surface area contributed by atoms with Gasteiger partial charge < -0.3 is 16.0 Å². The number of carbonyl (C=O) groups is 1. The van der Waals surface area contributed by atoms with Crippen LogP contribution in [0.1, 0.15) is 45.4 Å². The van der Waals surface area contributed by atoms with E-state index < -0.39 is 0 Å². The summed E-state index contributed by atoms with van der Waals surface area (Å²) >= 11 is 1.83. The van der Waals surface area contributed by atoms with E-state index in [1.54, 1.807) is 0 Å². The zero-order valence-electron chi connectivity index (χ0n) is 17.2. The Labute approximate surface area is 167 Å². The van der Waals surface area contributed by atoms with Crippen molar-refractivity contribution in [2.45, 2.75) is 52.6 Å². The summed E-state index contributed by atoms with van der Waals surface area (Å²) in [4.78, 5) is 20.4. The Hall–Kier alpha value is -1.60. The van der Waals surface area contributed by atoms with Crippen LogP contribution < -0.4 is 16.0 Å². The number of aliphatic imine (C=N–C) groups is 1. The second kappa shape index (κ2) is 10.7. The lowest BCUT2D eigenvalue weighted by Crippen LogP contribution is -2.45. The van der Waals surface area contributed by atoms with Crippen molar-refractivity contribution in [1.29, 1.82) is 0 Å². The third-order valence-corrected chi connectivity index (χ3v) is 5.22. The third kappa shape index (κ3) is 8.75.